The van der Waals surface area contributed by atoms with Gasteiger partial charge in [0.2, 0.25) is 11.6 Å². The van der Waals surface area contributed by atoms with Crippen LogP contribution in [0.3, 0.4) is 0 Å². The van der Waals surface area contributed by atoms with Gasteiger partial charge in [-0.2, -0.15) is 9.78 Å². The van der Waals surface area contributed by atoms with Crippen molar-refractivity contribution in [1.29, 1.82) is 0 Å². The minimum absolute atomic E-state index is 0.0162. The Morgan fingerprint density at radius 2 is 2.07 bits per heavy atom. The molecule has 15 heteroatoms. The van der Waals surface area contributed by atoms with Crippen LogP contribution in [0.2, 0.25) is 5.02 Å². The van der Waals surface area contributed by atoms with Crippen molar-refractivity contribution in [2.75, 3.05) is 24.3 Å². The van der Waals surface area contributed by atoms with Crippen molar-refractivity contribution in [1.82, 2.24) is 30.7 Å². The number of nitrogens with one attached hydrogen (secondary N) is 1. The number of rotatable bonds is 10. The van der Waals surface area contributed by atoms with Crippen molar-refractivity contribution in [2.24, 2.45) is 5.10 Å². The van der Waals surface area contributed by atoms with Gasteiger partial charge in [0.1, 0.15) is 6.61 Å². The highest BCUT2D eigenvalue weighted by Gasteiger charge is 2.28. The van der Waals surface area contributed by atoms with Crippen molar-refractivity contribution in [3.8, 4) is 17.3 Å². The molecule has 5 aromatic rings. The number of carbonyl (C=O) groups is 1. The molecule has 2 aromatic heterocycles. The third-order valence-corrected chi connectivity index (χ3v) is 7.73. The standard InChI is InChI=1S/C29H25BrClN9O4/c1-42-24-13-18(12-21(30)26(24)43-16-17-5-4-7-20(31)11-17)14-33-35-29(41)25-23(40(38-34-25)28-27(32)36-44-37-28)15-39-10-9-19-6-2-3-8-22(19)39/h2-8,11-14H,9-10,15-16H2,1H3,(H2,32,36)(H,35,41). The smallest absolute Gasteiger partial charge is 0.293 e. The summed E-state index contributed by atoms with van der Waals surface area (Å²) in [6.45, 7) is 1.36. The lowest BCUT2D eigenvalue weighted by Crippen LogP contribution is -2.26. The van der Waals surface area contributed by atoms with Crippen molar-refractivity contribution in [2.45, 2.75) is 19.6 Å². The summed E-state index contributed by atoms with van der Waals surface area (Å²) in [4.78, 5) is 15.5. The number of halogens is 2. The number of nitrogen functional groups attached to an aromatic ring is 1. The fraction of sp³-hybridized carbons (Fsp3) is 0.172. The van der Waals surface area contributed by atoms with Crippen LogP contribution in [0.1, 0.15) is 32.9 Å². The van der Waals surface area contributed by atoms with Crippen molar-refractivity contribution in [3.63, 3.8) is 0 Å². The zero-order valence-electron chi connectivity index (χ0n) is 23.3. The molecule has 1 amide bonds. The topological polar surface area (TPSA) is 159 Å². The van der Waals surface area contributed by atoms with Crippen LogP contribution in [0.4, 0.5) is 11.5 Å². The number of nitrogens with two attached hydrogens (primary N) is 1. The van der Waals surface area contributed by atoms with E-state index in [1.165, 1.54) is 23.6 Å². The molecule has 0 unspecified atom stereocenters. The molecule has 0 radical (unpaired) electrons. The molecule has 224 valence electrons. The molecule has 3 heterocycles. The van der Waals surface area contributed by atoms with Gasteiger partial charge in [0.25, 0.3) is 5.91 Å². The first-order valence-electron chi connectivity index (χ1n) is 13.3. The van der Waals surface area contributed by atoms with Gasteiger partial charge in [-0.05, 0) is 79.7 Å². The monoisotopic (exact) mass is 677 g/mol. The lowest BCUT2D eigenvalue weighted by molar-refractivity contribution is 0.0949. The molecule has 0 fully saturated rings. The Bertz CT molecular complexity index is 1860. The van der Waals surface area contributed by atoms with E-state index in [4.69, 9.17) is 31.4 Å². The fourth-order valence-electron chi connectivity index (χ4n) is 4.83. The maximum atomic E-state index is 13.3. The van der Waals surface area contributed by atoms with Crippen molar-refractivity contribution >= 4 is 51.2 Å². The molecule has 0 saturated heterocycles. The van der Waals surface area contributed by atoms with E-state index in [1.54, 1.807) is 18.2 Å². The van der Waals surface area contributed by atoms with E-state index >= 15 is 0 Å². The first kappa shape index (κ1) is 29.1. The first-order chi connectivity index (χ1) is 21.4. The number of anilines is 2. The zero-order chi connectivity index (χ0) is 30.6. The third-order valence-electron chi connectivity index (χ3n) is 6.90. The largest absolute Gasteiger partial charge is 0.493 e. The van der Waals surface area contributed by atoms with E-state index in [9.17, 15) is 4.79 Å². The summed E-state index contributed by atoms with van der Waals surface area (Å²) in [5, 5.41) is 20.5. The minimum atomic E-state index is -0.572. The Morgan fingerprint density at radius 3 is 2.86 bits per heavy atom. The van der Waals surface area contributed by atoms with Crippen LogP contribution < -0.4 is 25.5 Å². The van der Waals surface area contributed by atoms with E-state index in [-0.39, 0.29) is 17.3 Å². The zero-order valence-corrected chi connectivity index (χ0v) is 25.6. The van der Waals surface area contributed by atoms with E-state index in [0.29, 0.717) is 45.4 Å². The molecule has 0 saturated carbocycles. The van der Waals surface area contributed by atoms with Gasteiger partial charge in [-0.1, -0.05) is 47.1 Å². The van der Waals surface area contributed by atoms with Crippen LogP contribution in [0.25, 0.3) is 5.82 Å². The SMILES string of the molecule is COc1cc(C=NNC(=O)c2nnn(-c3nonc3N)c2CN2CCc3ccccc32)cc(Br)c1OCc1cccc(Cl)c1. The van der Waals surface area contributed by atoms with Gasteiger partial charge in [0.05, 0.1) is 30.0 Å². The Kier molecular flexibility index (Phi) is 8.43. The molecule has 44 heavy (non-hydrogen) atoms. The number of amides is 1. The summed E-state index contributed by atoms with van der Waals surface area (Å²) in [5.41, 5.74) is 12.8. The Morgan fingerprint density at radius 1 is 1.20 bits per heavy atom. The van der Waals surface area contributed by atoms with Gasteiger partial charge in [-0.25, -0.2) is 10.1 Å². The Balaban J connectivity index is 1.20. The van der Waals surface area contributed by atoms with Gasteiger partial charge in [0.15, 0.2) is 17.2 Å². The number of methoxy groups -OCH3 is 1. The van der Waals surface area contributed by atoms with E-state index in [2.05, 4.69) is 58.0 Å². The molecule has 1 aliphatic rings. The first-order valence-corrected chi connectivity index (χ1v) is 14.5. The number of hydrogen-bond donors (Lipinski definition) is 2. The highest BCUT2D eigenvalue weighted by atomic mass is 79.9. The summed E-state index contributed by atoms with van der Waals surface area (Å²) in [6.07, 6.45) is 2.35. The van der Waals surface area contributed by atoms with Gasteiger partial charge in [0, 0.05) is 17.3 Å². The van der Waals surface area contributed by atoms with Crippen LogP contribution in [0, 0.1) is 0 Å². The maximum absolute atomic E-state index is 13.3. The number of hydrazone groups is 1. The minimum Gasteiger partial charge on any atom is -0.493 e. The second-order valence-corrected chi connectivity index (χ2v) is 11.0. The molecular weight excluding hydrogens is 654 g/mol. The molecular formula is C29H25BrClN9O4. The fourth-order valence-corrected chi connectivity index (χ4v) is 5.62. The molecule has 3 N–H and O–H groups in total. The van der Waals surface area contributed by atoms with Gasteiger partial charge in [-0.15, -0.1) is 5.10 Å². The van der Waals surface area contributed by atoms with Crippen LogP contribution in [0.5, 0.6) is 11.5 Å². The van der Waals surface area contributed by atoms with E-state index < -0.39 is 5.91 Å². The van der Waals surface area contributed by atoms with E-state index in [0.717, 1.165) is 24.2 Å². The van der Waals surface area contributed by atoms with Crippen LogP contribution >= 0.6 is 27.5 Å². The quantitative estimate of drug-likeness (QED) is 0.158. The summed E-state index contributed by atoms with van der Waals surface area (Å²) < 4.78 is 18.3. The number of para-hydroxylation sites is 1. The van der Waals surface area contributed by atoms with E-state index in [1.807, 2.05) is 36.4 Å². The average molecular weight is 679 g/mol. The van der Waals surface area contributed by atoms with Crippen molar-refractivity contribution < 1.29 is 18.9 Å². The number of ether oxygens (including phenoxy) is 2. The Hall–Kier alpha value is -4.95. The number of hydrogen-bond acceptors (Lipinski definition) is 11. The highest BCUT2D eigenvalue weighted by Crippen LogP contribution is 2.37. The predicted molar refractivity (Wildman–Crippen MR) is 166 cm³/mol. The summed E-state index contributed by atoms with van der Waals surface area (Å²) in [7, 11) is 1.54. The van der Waals surface area contributed by atoms with Crippen molar-refractivity contribution in [3.05, 3.63) is 98.2 Å². The molecule has 0 atom stereocenters. The lowest BCUT2D eigenvalue weighted by atomic mass is 10.2. The number of aromatic nitrogens is 5. The van der Waals surface area contributed by atoms with Crippen LogP contribution in [-0.4, -0.2) is 51.1 Å². The van der Waals surface area contributed by atoms with Crippen LogP contribution in [-0.2, 0) is 19.6 Å². The summed E-state index contributed by atoms with van der Waals surface area (Å²) in [5.74, 6) is 0.571. The molecule has 0 aliphatic carbocycles. The predicted octanol–water partition coefficient (Wildman–Crippen LogP) is 4.56. The van der Waals surface area contributed by atoms with Gasteiger partial charge >= 0.3 is 0 Å². The molecule has 0 spiro atoms. The number of fused-ring (bicyclic) bond motifs is 1. The number of nitrogens with zero attached hydrogens (tertiary/aromatic N) is 7. The van der Waals surface area contributed by atoms with Crippen LogP contribution in [0.15, 0.2) is 74.9 Å². The molecule has 3 aromatic carbocycles. The second-order valence-electron chi connectivity index (χ2n) is 9.72. The summed E-state index contributed by atoms with van der Waals surface area (Å²) in [6, 6.07) is 19.0. The third kappa shape index (κ3) is 6.07. The molecule has 0 bridgehead atoms. The molecule has 13 nitrogen and oxygen atoms in total. The lowest BCUT2D eigenvalue weighted by Gasteiger charge is -2.19. The maximum Gasteiger partial charge on any atom is 0.293 e. The average Bonchev–Trinajstić information content (AvgIpc) is 3.75. The van der Waals surface area contributed by atoms with Gasteiger partial charge < -0.3 is 20.1 Å². The number of carbonyl (C=O) groups excluding carboxylic acids is 1. The number of benzene rings is 3. The second kappa shape index (κ2) is 12.7. The Labute approximate surface area is 264 Å². The summed E-state index contributed by atoms with van der Waals surface area (Å²) >= 11 is 9.62. The highest BCUT2D eigenvalue weighted by molar-refractivity contribution is 9.10. The normalized spacial score (nSPS) is 12.5. The molecule has 6 rings (SSSR count). The molecule has 1 aliphatic heterocycles. The van der Waals surface area contributed by atoms with Gasteiger partial charge in [-0.3, -0.25) is 4.79 Å².